The van der Waals surface area contributed by atoms with Gasteiger partial charge in [-0.05, 0) is 0 Å². The van der Waals surface area contributed by atoms with Gasteiger partial charge < -0.3 is 44.4 Å². The summed E-state index contributed by atoms with van der Waals surface area (Å²) in [6, 6.07) is 0. The second-order valence-corrected chi connectivity index (χ2v) is 7.64. The Balaban J connectivity index is 5.91. The van der Waals surface area contributed by atoms with Gasteiger partial charge in [0.1, 0.15) is 18.3 Å². The molecule has 0 fully saturated rings. The average molecular weight is 420 g/mol. The smallest absolute Gasteiger partial charge is 0.394 e. The maximum atomic E-state index is 10.9. The molecule has 0 saturated heterocycles. The molecular formula is C6H15O15P3. The largest absolute Gasteiger partial charge is 0.470 e. The number of aldehydes is 1. The molecule has 8 N–H and O–H groups in total. The molecule has 0 aliphatic carbocycles. The van der Waals surface area contributed by atoms with Crippen LogP contribution in [0.3, 0.4) is 0 Å². The minimum Gasteiger partial charge on any atom is -0.394 e. The fraction of sp³-hybridized carbons (Fsp3) is 0.833. The molecule has 0 aromatic carbocycles. The van der Waals surface area contributed by atoms with Crippen LogP contribution >= 0.6 is 23.5 Å². The lowest BCUT2D eigenvalue weighted by Crippen LogP contribution is -2.49. The summed E-state index contributed by atoms with van der Waals surface area (Å²) in [6.45, 7) is -1.30. The van der Waals surface area contributed by atoms with Gasteiger partial charge in [-0.3, -0.25) is 13.6 Å². The first kappa shape index (κ1) is 23.9. The van der Waals surface area contributed by atoms with Crippen molar-refractivity contribution in [3.8, 4) is 0 Å². The van der Waals surface area contributed by atoms with Gasteiger partial charge in [0.15, 0.2) is 12.4 Å². The third-order valence-electron chi connectivity index (χ3n) is 2.13. The lowest BCUT2D eigenvalue weighted by atomic mass is 10.0. The van der Waals surface area contributed by atoms with Crippen LogP contribution in [0.1, 0.15) is 0 Å². The maximum Gasteiger partial charge on any atom is 0.470 e. The topological polar surface area (TPSA) is 258 Å². The van der Waals surface area contributed by atoms with Crippen molar-refractivity contribution in [1.82, 2.24) is 0 Å². The van der Waals surface area contributed by atoms with Gasteiger partial charge in [-0.25, -0.2) is 13.7 Å². The van der Waals surface area contributed by atoms with Gasteiger partial charge >= 0.3 is 23.5 Å². The third-order valence-corrected chi connectivity index (χ3v) is 3.68. The van der Waals surface area contributed by atoms with E-state index >= 15 is 0 Å². The number of carbonyl (C=O) groups excluding carboxylic acids is 1. The Morgan fingerprint density at radius 2 is 1.17 bits per heavy atom. The highest BCUT2D eigenvalue weighted by atomic mass is 31.2. The second-order valence-electron chi connectivity index (χ2n) is 4.07. The summed E-state index contributed by atoms with van der Waals surface area (Å²) in [4.78, 5) is 63.2. The molecule has 0 aromatic heterocycles. The standard InChI is InChI=1S/C6H15O15P3/c7-1-3(9)5(20-23(13,14)15)6(21-24(16,17)18)4(2-8)19-22(10,11)12/h2-7,9H,1H2,(H2,10,11,12)(H2,13,14,15)(H2,16,17,18)/t3-,4+,5+,6-/m1/s1. The predicted molar refractivity (Wildman–Crippen MR) is 69.9 cm³/mol. The lowest BCUT2D eigenvalue weighted by Gasteiger charge is -2.32. The molecule has 0 rings (SSSR count). The zero-order chi connectivity index (χ0) is 19.3. The number of aliphatic hydroxyl groups is 2. The highest BCUT2D eigenvalue weighted by Crippen LogP contribution is 2.46. The zero-order valence-corrected chi connectivity index (χ0v) is 14.1. The number of aliphatic hydroxyl groups excluding tert-OH is 2. The van der Waals surface area contributed by atoms with E-state index in [-0.39, 0.29) is 0 Å². The Morgan fingerprint density at radius 1 is 0.792 bits per heavy atom. The summed E-state index contributed by atoms with van der Waals surface area (Å²) in [6.07, 6.45) is -10.4. The molecule has 0 aromatic rings. The Labute approximate surface area is 133 Å². The van der Waals surface area contributed by atoms with E-state index in [0.29, 0.717) is 0 Å². The zero-order valence-electron chi connectivity index (χ0n) is 11.4. The molecule has 24 heavy (non-hydrogen) atoms. The summed E-state index contributed by atoms with van der Waals surface area (Å²) >= 11 is 0. The highest BCUT2D eigenvalue weighted by Gasteiger charge is 2.45. The average Bonchev–Trinajstić information content (AvgIpc) is 2.36. The third kappa shape index (κ3) is 10.0. The van der Waals surface area contributed by atoms with E-state index in [4.69, 9.17) is 34.5 Å². The van der Waals surface area contributed by atoms with Crippen LogP contribution in [0.2, 0.25) is 0 Å². The molecular weight excluding hydrogens is 405 g/mol. The molecule has 0 spiro atoms. The van der Waals surface area contributed by atoms with Crippen molar-refractivity contribution in [2.24, 2.45) is 0 Å². The number of hydrogen-bond acceptors (Lipinski definition) is 9. The van der Waals surface area contributed by atoms with Crippen LogP contribution in [0.5, 0.6) is 0 Å². The van der Waals surface area contributed by atoms with Gasteiger partial charge in [-0.1, -0.05) is 0 Å². The Hall–Kier alpha value is -0.0800. The summed E-state index contributed by atoms with van der Waals surface area (Å²) < 4.78 is 44.4. The van der Waals surface area contributed by atoms with E-state index in [1.807, 2.05) is 0 Å². The Morgan fingerprint density at radius 3 is 1.46 bits per heavy atom. The van der Waals surface area contributed by atoms with Gasteiger partial charge in [0, 0.05) is 0 Å². The van der Waals surface area contributed by atoms with Gasteiger partial charge in [-0.15, -0.1) is 0 Å². The lowest BCUT2D eigenvalue weighted by molar-refractivity contribution is -0.131. The van der Waals surface area contributed by atoms with E-state index in [9.17, 15) is 23.6 Å². The molecule has 0 bridgehead atoms. The fourth-order valence-electron chi connectivity index (χ4n) is 1.40. The molecule has 4 atom stereocenters. The molecule has 18 heteroatoms. The minimum absolute atomic E-state index is 0.431. The van der Waals surface area contributed by atoms with Crippen molar-refractivity contribution < 1.29 is 71.6 Å². The van der Waals surface area contributed by atoms with Crippen molar-refractivity contribution in [2.45, 2.75) is 24.4 Å². The first-order valence-electron chi connectivity index (χ1n) is 5.55. The molecule has 0 amide bonds. The molecule has 0 saturated carbocycles. The van der Waals surface area contributed by atoms with E-state index in [2.05, 4.69) is 13.6 Å². The van der Waals surface area contributed by atoms with E-state index in [0.717, 1.165) is 0 Å². The number of carbonyl (C=O) groups is 1. The fourth-order valence-corrected chi connectivity index (χ4v) is 3.02. The van der Waals surface area contributed by atoms with Crippen LogP contribution < -0.4 is 0 Å². The van der Waals surface area contributed by atoms with E-state index in [1.165, 1.54) is 0 Å². The molecule has 0 unspecified atom stereocenters. The molecule has 0 aliphatic rings. The first-order chi connectivity index (χ1) is 10.6. The minimum atomic E-state index is -5.54. The summed E-state index contributed by atoms with van der Waals surface area (Å²) in [5, 5.41) is 18.3. The number of rotatable bonds is 11. The van der Waals surface area contributed by atoms with Crippen LogP contribution in [0.25, 0.3) is 0 Å². The van der Waals surface area contributed by atoms with Crippen LogP contribution in [-0.2, 0) is 32.1 Å². The molecule has 144 valence electrons. The molecule has 15 nitrogen and oxygen atoms in total. The van der Waals surface area contributed by atoms with Gasteiger partial charge in [0.05, 0.1) is 6.61 Å². The SMILES string of the molecule is O=C[C@H](OP(=O)(O)O)[C@@H](OP(=O)(O)O)[C@@H](OP(=O)(O)O)[C@H](O)CO. The van der Waals surface area contributed by atoms with Crippen LogP contribution in [0.15, 0.2) is 0 Å². The van der Waals surface area contributed by atoms with Gasteiger partial charge in [0.2, 0.25) is 0 Å². The molecule has 0 radical (unpaired) electrons. The van der Waals surface area contributed by atoms with Crippen molar-refractivity contribution in [1.29, 1.82) is 0 Å². The number of phosphoric ester groups is 3. The monoisotopic (exact) mass is 420 g/mol. The second kappa shape index (κ2) is 9.03. The quantitative estimate of drug-likeness (QED) is 0.122. The Kier molecular flexibility index (Phi) is 9.00. The van der Waals surface area contributed by atoms with Gasteiger partial charge in [0.25, 0.3) is 0 Å². The molecule has 0 aliphatic heterocycles. The normalized spacial score (nSPS) is 18.7. The summed E-state index contributed by atoms with van der Waals surface area (Å²) in [5.41, 5.74) is 0. The van der Waals surface area contributed by atoms with E-state index < -0.39 is 60.8 Å². The number of hydrogen-bond donors (Lipinski definition) is 8. The van der Waals surface area contributed by atoms with Crippen LogP contribution in [-0.4, -0.2) is 76.9 Å². The Bertz CT molecular complexity index is 543. The summed E-state index contributed by atoms with van der Waals surface area (Å²) in [7, 11) is -16.5. The van der Waals surface area contributed by atoms with E-state index in [1.54, 1.807) is 0 Å². The maximum absolute atomic E-state index is 10.9. The van der Waals surface area contributed by atoms with Crippen molar-refractivity contribution in [3.63, 3.8) is 0 Å². The van der Waals surface area contributed by atoms with Crippen molar-refractivity contribution in [2.75, 3.05) is 6.61 Å². The van der Waals surface area contributed by atoms with Crippen LogP contribution in [0.4, 0.5) is 0 Å². The first-order valence-corrected chi connectivity index (χ1v) is 10.1. The van der Waals surface area contributed by atoms with Crippen LogP contribution in [0, 0.1) is 0 Å². The summed E-state index contributed by atoms with van der Waals surface area (Å²) in [5.74, 6) is 0. The number of phosphoric acid groups is 3. The predicted octanol–water partition coefficient (Wildman–Crippen LogP) is -3.03. The van der Waals surface area contributed by atoms with Crippen molar-refractivity contribution >= 4 is 29.8 Å². The van der Waals surface area contributed by atoms with Crippen molar-refractivity contribution in [3.05, 3.63) is 0 Å². The van der Waals surface area contributed by atoms with Gasteiger partial charge in [-0.2, -0.15) is 0 Å². The highest BCUT2D eigenvalue weighted by molar-refractivity contribution is 7.47. The molecule has 0 heterocycles.